The number of nitrogens with zero attached hydrogens (tertiary/aromatic N) is 1. The van der Waals surface area contributed by atoms with Gasteiger partial charge in [-0.25, -0.2) is 0 Å². The summed E-state index contributed by atoms with van der Waals surface area (Å²) in [5, 5.41) is 5.97. The van der Waals surface area contributed by atoms with E-state index in [1.165, 1.54) is 20.5 Å². The lowest BCUT2D eigenvalue weighted by atomic mass is 10.0. The van der Waals surface area contributed by atoms with Gasteiger partial charge in [0.1, 0.15) is 0 Å². The van der Waals surface area contributed by atoms with Gasteiger partial charge in [0.15, 0.2) is 0 Å². The lowest BCUT2D eigenvalue weighted by molar-refractivity contribution is 0.201. The molecule has 24 heavy (non-hydrogen) atoms. The Kier molecular flexibility index (Phi) is 4.79. The molecule has 0 radical (unpaired) electrons. The maximum Gasteiger partial charge on any atom is 0.0697 e. The summed E-state index contributed by atoms with van der Waals surface area (Å²) in [5.41, 5.74) is 1.21. The minimum atomic E-state index is 0.222. The number of hydrogen-bond acceptors (Lipinski definition) is 3. The average molecular weight is 377 g/mol. The smallest absolute Gasteiger partial charge is 0.0697 e. The molecule has 1 aliphatic heterocycles. The molecule has 0 spiro atoms. The van der Waals surface area contributed by atoms with Crippen molar-refractivity contribution >= 4 is 44.6 Å². The second kappa shape index (κ2) is 7.03. The highest BCUT2D eigenvalue weighted by Crippen LogP contribution is 2.38. The number of benzene rings is 2. The normalized spacial score (nSPS) is 17.2. The SMILES string of the molecule is Clc1ccc(C(c2cc3ccccc3s2)N2CCNCC2)cc1Cl. The number of rotatable bonds is 3. The first-order chi connectivity index (χ1) is 11.7. The molecular weight excluding hydrogens is 359 g/mol. The van der Waals surface area contributed by atoms with Crippen LogP contribution in [0.15, 0.2) is 48.5 Å². The van der Waals surface area contributed by atoms with Gasteiger partial charge in [0.2, 0.25) is 0 Å². The Hall–Kier alpha value is -1.10. The number of piperazine rings is 1. The highest BCUT2D eigenvalue weighted by Gasteiger charge is 2.26. The van der Waals surface area contributed by atoms with E-state index in [1.807, 2.05) is 23.5 Å². The van der Waals surface area contributed by atoms with Crippen molar-refractivity contribution in [2.45, 2.75) is 6.04 Å². The summed E-state index contributed by atoms with van der Waals surface area (Å²) in [7, 11) is 0. The molecule has 0 amide bonds. The van der Waals surface area contributed by atoms with E-state index in [0.29, 0.717) is 10.0 Å². The first-order valence-corrected chi connectivity index (χ1v) is 9.68. The van der Waals surface area contributed by atoms with Crippen LogP contribution in [0, 0.1) is 0 Å². The zero-order valence-corrected chi connectivity index (χ0v) is 15.5. The molecule has 0 aliphatic carbocycles. The minimum absolute atomic E-state index is 0.222. The van der Waals surface area contributed by atoms with Crippen molar-refractivity contribution in [2.24, 2.45) is 0 Å². The van der Waals surface area contributed by atoms with Crippen molar-refractivity contribution in [3.8, 4) is 0 Å². The Morgan fingerprint density at radius 3 is 2.50 bits per heavy atom. The molecule has 2 aromatic carbocycles. The minimum Gasteiger partial charge on any atom is -0.314 e. The molecule has 1 unspecified atom stereocenters. The number of hydrogen-bond donors (Lipinski definition) is 1. The van der Waals surface area contributed by atoms with Crippen molar-refractivity contribution in [3.05, 3.63) is 69.0 Å². The second-order valence-electron chi connectivity index (χ2n) is 6.05. The summed E-state index contributed by atoms with van der Waals surface area (Å²) >= 11 is 14.3. The summed E-state index contributed by atoms with van der Waals surface area (Å²) in [6, 6.07) is 17.1. The van der Waals surface area contributed by atoms with Crippen LogP contribution in [-0.4, -0.2) is 31.1 Å². The molecule has 4 rings (SSSR count). The summed E-state index contributed by atoms with van der Waals surface area (Å²) in [4.78, 5) is 3.89. The molecule has 124 valence electrons. The Labute approximate surface area is 156 Å². The Bertz CT molecular complexity index is 822. The van der Waals surface area contributed by atoms with Gasteiger partial charge in [-0.2, -0.15) is 0 Å². The van der Waals surface area contributed by atoms with E-state index in [0.717, 1.165) is 26.2 Å². The van der Waals surface area contributed by atoms with Gasteiger partial charge in [-0.15, -0.1) is 11.3 Å². The lowest BCUT2D eigenvalue weighted by Gasteiger charge is -2.34. The largest absolute Gasteiger partial charge is 0.314 e. The van der Waals surface area contributed by atoms with Crippen LogP contribution in [0.4, 0.5) is 0 Å². The second-order valence-corrected chi connectivity index (χ2v) is 7.98. The highest BCUT2D eigenvalue weighted by atomic mass is 35.5. The average Bonchev–Trinajstić information content (AvgIpc) is 3.03. The summed E-state index contributed by atoms with van der Waals surface area (Å²) < 4.78 is 1.33. The van der Waals surface area contributed by atoms with Crippen LogP contribution in [0.3, 0.4) is 0 Å². The van der Waals surface area contributed by atoms with E-state index >= 15 is 0 Å². The quantitative estimate of drug-likeness (QED) is 0.675. The predicted octanol–water partition coefficient (Wildman–Crippen LogP) is 5.20. The van der Waals surface area contributed by atoms with Crippen LogP contribution >= 0.6 is 34.5 Å². The predicted molar refractivity (Wildman–Crippen MR) is 105 cm³/mol. The van der Waals surface area contributed by atoms with Crippen molar-refractivity contribution in [1.29, 1.82) is 0 Å². The number of halogens is 2. The molecule has 0 saturated carbocycles. The third kappa shape index (κ3) is 3.19. The molecule has 1 N–H and O–H groups in total. The number of nitrogens with one attached hydrogen (secondary N) is 1. The number of fused-ring (bicyclic) bond motifs is 1. The highest BCUT2D eigenvalue weighted by molar-refractivity contribution is 7.19. The molecule has 1 aromatic heterocycles. The zero-order chi connectivity index (χ0) is 16.5. The first kappa shape index (κ1) is 16.4. The molecule has 3 aromatic rings. The van der Waals surface area contributed by atoms with Crippen LogP contribution < -0.4 is 5.32 Å². The maximum absolute atomic E-state index is 6.30. The van der Waals surface area contributed by atoms with E-state index < -0.39 is 0 Å². The van der Waals surface area contributed by atoms with Gasteiger partial charge in [-0.1, -0.05) is 47.5 Å². The Balaban J connectivity index is 1.80. The van der Waals surface area contributed by atoms with Gasteiger partial charge in [0, 0.05) is 35.8 Å². The van der Waals surface area contributed by atoms with Crippen molar-refractivity contribution in [2.75, 3.05) is 26.2 Å². The van der Waals surface area contributed by atoms with E-state index in [9.17, 15) is 0 Å². The standard InChI is InChI=1S/C19H18Cl2N2S/c20-15-6-5-14(11-16(15)21)19(23-9-7-22-8-10-23)18-12-13-3-1-2-4-17(13)24-18/h1-6,11-12,19,22H,7-10H2. The molecule has 1 atom stereocenters. The molecule has 0 bridgehead atoms. The van der Waals surface area contributed by atoms with Gasteiger partial charge >= 0.3 is 0 Å². The fourth-order valence-electron chi connectivity index (χ4n) is 3.31. The topological polar surface area (TPSA) is 15.3 Å². The molecule has 5 heteroatoms. The maximum atomic E-state index is 6.30. The summed E-state index contributed by atoms with van der Waals surface area (Å²) in [6.07, 6.45) is 0. The fourth-order valence-corrected chi connectivity index (χ4v) is 4.85. The van der Waals surface area contributed by atoms with Crippen LogP contribution in [0.1, 0.15) is 16.5 Å². The van der Waals surface area contributed by atoms with Crippen molar-refractivity contribution in [3.63, 3.8) is 0 Å². The number of thiophene rings is 1. The summed E-state index contributed by atoms with van der Waals surface area (Å²) in [5.74, 6) is 0. The van der Waals surface area contributed by atoms with E-state index in [-0.39, 0.29) is 6.04 Å². The van der Waals surface area contributed by atoms with Gasteiger partial charge in [0.05, 0.1) is 16.1 Å². The Morgan fingerprint density at radius 1 is 0.958 bits per heavy atom. The lowest BCUT2D eigenvalue weighted by Crippen LogP contribution is -2.45. The van der Waals surface area contributed by atoms with Crippen molar-refractivity contribution in [1.82, 2.24) is 10.2 Å². The third-order valence-corrected chi connectivity index (χ3v) is 6.40. The van der Waals surface area contributed by atoms with Crippen molar-refractivity contribution < 1.29 is 0 Å². The van der Waals surface area contributed by atoms with Crippen LogP contribution in [0.2, 0.25) is 10.0 Å². The van der Waals surface area contributed by atoms with Crippen LogP contribution in [0.5, 0.6) is 0 Å². The summed E-state index contributed by atoms with van der Waals surface area (Å²) in [6.45, 7) is 4.09. The third-order valence-electron chi connectivity index (χ3n) is 4.49. The molecule has 2 nitrogen and oxygen atoms in total. The molecular formula is C19H18Cl2N2S. The molecule has 1 aliphatic rings. The van der Waals surface area contributed by atoms with E-state index in [2.05, 4.69) is 46.6 Å². The van der Waals surface area contributed by atoms with Gasteiger partial charge < -0.3 is 5.32 Å². The molecule has 1 saturated heterocycles. The molecule has 2 heterocycles. The molecule has 1 fully saturated rings. The van der Waals surface area contributed by atoms with E-state index in [1.54, 1.807) is 0 Å². The first-order valence-electron chi connectivity index (χ1n) is 8.10. The van der Waals surface area contributed by atoms with Gasteiger partial charge in [-0.3, -0.25) is 4.90 Å². The van der Waals surface area contributed by atoms with E-state index in [4.69, 9.17) is 23.2 Å². The fraction of sp³-hybridized carbons (Fsp3) is 0.263. The monoisotopic (exact) mass is 376 g/mol. The Morgan fingerprint density at radius 2 is 1.75 bits per heavy atom. The van der Waals surface area contributed by atoms with Crippen LogP contribution in [0.25, 0.3) is 10.1 Å². The van der Waals surface area contributed by atoms with Crippen LogP contribution in [-0.2, 0) is 0 Å². The van der Waals surface area contributed by atoms with Gasteiger partial charge in [0.25, 0.3) is 0 Å². The zero-order valence-electron chi connectivity index (χ0n) is 13.1. The van der Waals surface area contributed by atoms with Gasteiger partial charge in [-0.05, 0) is 35.2 Å².